The van der Waals surface area contributed by atoms with E-state index in [-0.39, 0.29) is 11.8 Å². The number of rotatable bonds is 4. The van der Waals surface area contributed by atoms with Crippen LogP contribution in [0.3, 0.4) is 0 Å². The highest BCUT2D eigenvalue weighted by molar-refractivity contribution is 7.94. The molecule has 1 heterocycles. The molecule has 0 saturated carbocycles. The topological polar surface area (TPSA) is 46.2 Å². The van der Waals surface area contributed by atoms with E-state index in [1.807, 2.05) is 0 Å². The first-order valence-electron chi connectivity index (χ1n) is 6.50. The Morgan fingerprint density at radius 3 is 2.32 bits per heavy atom. The highest BCUT2D eigenvalue weighted by Crippen LogP contribution is 2.09. The molecule has 0 aliphatic carbocycles. The van der Waals surface area contributed by atoms with Crippen molar-refractivity contribution in [1.29, 1.82) is 0 Å². The minimum atomic E-state index is -2.96. The molecule has 104 valence electrons. The van der Waals surface area contributed by atoms with Crippen LogP contribution in [0.1, 0.15) is 5.56 Å². The highest BCUT2D eigenvalue weighted by Gasteiger charge is 2.21. The van der Waals surface area contributed by atoms with Crippen molar-refractivity contribution in [1.82, 2.24) is 5.32 Å². The molecule has 0 bridgehead atoms. The van der Waals surface area contributed by atoms with Gasteiger partial charge in [0.15, 0.2) is 9.84 Å². The molecule has 1 N–H and O–H groups in total. The van der Waals surface area contributed by atoms with Crippen molar-refractivity contribution in [3.8, 4) is 0 Å². The summed E-state index contributed by atoms with van der Waals surface area (Å²) in [4.78, 5) is 0. The highest BCUT2D eigenvalue weighted by atomic mass is 32.2. The Hall–Kier alpha value is -0.913. The number of nitrogens with one attached hydrogen (secondary N) is 1. The summed E-state index contributed by atoms with van der Waals surface area (Å²) in [6, 6.07) is 8.61. The van der Waals surface area contributed by atoms with Crippen molar-refractivity contribution in [2.45, 2.75) is 32.2 Å². The second-order valence-corrected chi connectivity index (χ2v) is 13.1. The molecule has 19 heavy (non-hydrogen) atoms. The molecule has 3 nitrogen and oxygen atoms in total. The van der Waals surface area contributed by atoms with Crippen LogP contribution in [0.25, 0.3) is 0 Å². The lowest BCUT2D eigenvalue weighted by atomic mass is 10.2. The molecule has 1 aliphatic rings. The van der Waals surface area contributed by atoms with E-state index in [4.69, 9.17) is 0 Å². The molecular formula is C14H21NO2SSi. The van der Waals surface area contributed by atoms with E-state index in [2.05, 4.69) is 49.2 Å². The number of hydrogen-bond donors (Lipinski definition) is 1. The SMILES string of the molecule is C[Si](C)(C)c1ccc(CNC2C=CS(=O)(=O)C2)cc1. The summed E-state index contributed by atoms with van der Waals surface area (Å²) in [6.45, 7) is 7.69. The average Bonchev–Trinajstić information content (AvgIpc) is 2.66. The van der Waals surface area contributed by atoms with Crippen LogP contribution in [-0.4, -0.2) is 28.3 Å². The first-order chi connectivity index (χ1) is 8.76. The lowest BCUT2D eigenvalue weighted by molar-refractivity contribution is 0.590. The van der Waals surface area contributed by atoms with E-state index in [1.54, 1.807) is 6.08 Å². The van der Waals surface area contributed by atoms with E-state index in [0.29, 0.717) is 6.54 Å². The van der Waals surface area contributed by atoms with Crippen molar-refractivity contribution in [3.63, 3.8) is 0 Å². The maximum atomic E-state index is 11.3. The monoisotopic (exact) mass is 295 g/mol. The predicted molar refractivity (Wildman–Crippen MR) is 83.0 cm³/mol. The van der Waals surface area contributed by atoms with Crippen LogP contribution < -0.4 is 10.5 Å². The number of benzene rings is 1. The van der Waals surface area contributed by atoms with Gasteiger partial charge in [0, 0.05) is 18.0 Å². The molecule has 1 aromatic carbocycles. The quantitative estimate of drug-likeness (QED) is 0.859. The summed E-state index contributed by atoms with van der Waals surface area (Å²) in [6.07, 6.45) is 1.73. The van der Waals surface area contributed by atoms with Crippen LogP contribution >= 0.6 is 0 Å². The van der Waals surface area contributed by atoms with Gasteiger partial charge in [0.05, 0.1) is 13.8 Å². The molecule has 0 saturated heterocycles. The van der Waals surface area contributed by atoms with E-state index < -0.39 is 17.9 Å². The van der Waals surface area contributed by atoms with Crippen LogP contribution in [0.2, 0.25) is 19.6 Å². The molecular weight excluding hydrogens is 274 g/mol. The van der Waals surface area contributed by atoms with Gasteiger partial charge in [0.25, 0.3) is 0 Å². The summed E-state index contributed by atoms with van der Waals surface area (Å²) in [7, 11) is -4.20. The first-order valence-corrected chi connectivity index (χ1v) is 11.7. The van der Waals surface area contributed by atoms with Crippen molar-refractivity contribution >= 4 is 23.1 Å². The van der Waals surface area contributed by atoms with Crippen LogP contribution in [0, 0.1) is 0 Å². The molecule has 0 aromatic heterocycles. The van der Waals surface area contributed by atoms with Gasteiger partial charge in [0.2, 0.25) is 0 Å². The lowest BCUT2D eigenvalue weighted by Crippen LogP contribution is -2.37. The van der Waals surface area contributed by atoms with Gasteiger partial charge in [-0.15, -0.1) is 0 Å². The molecule has 1 aliphatic heterocycles. The number of sulfone groups is 1. The minimum absolute atomic E-state index is 0.0540. The summed E-state index contributed by atoms with van der Waals surface area (Å²) >= 11 is 0. The van der Waals surface area contributed by atoms with Gasteiger partial charge >= 0.3 is 0 Å². The van der Waals surface area contributed by atoms with Crippen molar-refractivity contribution in [3.05, 3.63) is 41.3 Å². The van der Waals surface area contributed by atoms with Crippen molar-refractivity contribution in [2.24, 2.45) is 0 Å². The van der Waals surface area contributed by atoms with Crippen molar-refractivity contribution in [2.75, 3.05) is 5.75 Å². The zero-order chi connectivity index (χ0) is 14.1. The Balaban J connectivity index is 1.93. The predicted octanol–water partition coefficient (Wildman–Crippen LogP) is 1.63. The Bertz CT molecular complexity index is 570. The second kappa shape index (κ2) is 5.23. The van der Waals surface area contributed by atoms with E-state index in [1.165, 1.54) is 16.2 Å². The zero-order valence-corrected chi connectivity index (χ0v) is 13.5. The molecule has 0 fully saturated rings. The van der Waals surface area contributed by atoms with Gasteiger partial charge in [-0.05, 0) is 5.56 Å². The molecule has 1 aromatic rings. The third-order valence-electron chi connectivity index (χ3n) is 3.32. The minimum Gasteiger partial charge on any atom is -0.305 e. The average molecular weight is 295 g/mol. The van der Waals surface area contributed by atoms with Crippen LogP contribution in [0.15, 0.2) is 35.7 Å². The fourth-order valence-electron chi connectivity index (χ4n) is 2.07. The molecule has 2 rings (SSSR count). The summed E-state index contributed by atoms with van der Waals surface area (Å²) in [5, 5.41) is 6.01. The van der Waals surface area contributed by atoms with E-state index in [0.717, 1.165) is 0 Å². The molecule has 0 spiro atoms. The molecule has 0 radical (unpaired) electrons. The van der Waals surface area contributed by atoms with Gasteiger partial charge in [-0.3, -0.25) is 0 Å². The summed E-state index contributed by atoms with van der Waals surface area (Å²) < 4.78 is 22.6. The Morgan fingerprint density at radius 1 is 1.21 bits per heavy atom. The normalized spacial score (nSPS) is 21.7. The molecule has 1 unspecified atom stereocenters. The van der Waals surface area contributed by atoms with Gasteiger partial charge < -0.3 is 5.32 Å². The third-order valence-corrected chi connectivity index (χ3v) is 6.78. The van der Waals surface area contributed by atoms with E-state index >= 15 is 0 Å². The molecule has 5 heteroatoms. The maximum absolute atomic E-state index is 11.3. The fraction of sp³-hybridized carbons (Fsp3) is 0.429. The largest absolute Gasteiger partial charge is 0.305 e. The smallest absolute Gasteiger partial charge is 0.173 e. The molecule has 1 atom stereocenters. The van der Waals surface area contributed by atoms with Gasteiger partial charge in [-0.2, -0.15) is 0 Å². The van der Waals surface area contributed by atoms with Crippen molar-refractivity contribution < 1.29 is 8.42 Å². The van der Waals surface area contributed by atoms with Crippen LogP contribution in [0.4, 0.5) is 0 Å². The number of hydrogen-bond acceptors (Lipinski definition) is 3. The third kappa shape index (κ3) is 4.02. The second-order valence-electron chi connectivity index (χ2n) is 6.09. The maximum Gasteiger partial charge on any atom is 0.173 e. The Kier molecular flexibility index (Phi) is 3.99. The summed E-state index contributed by atoms with van der Waals surface area (Å²) in [5.74, 6) is 0.181. The van der Waals surface area contributed by atoms with E-state index in [9.17, 15) is 8.42 Å². The van der Waals surface area contributed by atoms with Gasteiger partial charge in [-0.1, -0.05) is 55.2 Å². The summed E-state index contributed by atoms with van der Waals surface area (Å²) in [5.41, 5.74) is 1.19. The Labute approximate surface area is 116 Å². The zero-order valence-electron chi connectivity index (χ0n) is 11.7. The standard InChI is InChI=1S/C14H21NO2SSi/c1-19(2,3)14-6-4-12(5-7-14)10-15-13-8-9-18(16,17)11-13/h4-9,13,15H,10-11H2,1-3H3. The lowest BCUT2D eigenvalue weighted by Gasteiger charge is -2.17. The molecule has 0 amide bonds. The van der Waals surface area contributed by atoms with Gasteiger partial charge in [-0.25, -0.2) is 8.42 Å². The Morgan fingerprint density at radius 2 is 1.84 bits per heavy atom. The van der Waals surface area contributed by atoms with Crippen LogP contribution in [0.5, 0.6) is 0 Å². The fourth-order valence-corrected chi connectivity index (χ4v) is 4.51. The van der Waals surface area contributed by atoms with Gasteiger partial charge in [0.1, 0.15) is 0 Å². The first kappa shape index (κ1) is 14.5. The van der Waals surface area contributed by atoms with Crippen LogP contribution in [-0.2, 0) is 16.4 Å².